The molecule has 3 N–H and O–H groups in total. The van der Waals surface area contributed by atoms with E-state index >= 15 is 0 Å². The molecule has 0 saturated heterocycles. The number of H-pyrrole nitrogens is 1. The predicted octanol–water partition coefficient (Wildman–Crippen LogP) is 2.31. The largest absolute Gasteiger partial charge is 0.394 e. The van der Waals surface area contributed by atoms with Gasteiger partial charge in [0.2, 0.25) is 0 Å². The number of hydrogen-bond acceptors (Lipinski definition) is 9. The molecule has 5 rings (SSSR count). The van der Waals surface area contributed by atoms with Gasteiger partial charge in [-0.1, -0.05) is 17.7 Å². The molecule has 0 aliphatic rings. The number of fused-ring (bicyclic) bond motifs is 2. The third-order valence-electron chi connectivity index (χ3n) is 4.55. The van der Waals surface area contributed by atoms with E-state index in [-0.39, 0.29) is 23.4 Å². The zero-order chi connectivity index (χ0) is 20.7. The van der Waals surface area contributed by atoms with Crippen molar-refractivity contribution >= 4 is 50.0 Å². The monoisotopic (exact) mass is 440 g/mol. The number of hydrogen-bond donors (Lipinski definition) is 3. The van der Waals surface area contributed by atoms with Crippen LogP contribution in [0.25, 0.3) is 26.9 Å². The molecule has 0 spiro atoms. The summed E-state index contributed by atoms with van der Waals surface area (Å²) >= 11 is 7.65. The predicted molar refractivity (Wildman–Crippen MR) is 113 cm³/mol. The Bertz CT molecular complexity index is 1420. The molecule has 4 heterocycles. The molecule has 0 radical (unpaired) electrons. The average Bonchev–Trinajstić information content (AvgIpc) is 3.44. The zero-order valence-corrected chi connectivity index (χ0v) is 16.7. The number of rotatable bonds is 5. The van der Waals surface area contributed by atoms with E-state index < -0.39 is 6.04 Å². The second-order valence-corrected chi connectivity index (χ2v) is 7.55. The lowest BCUT2D eigenvalue weighted by Gasteiger charge is -2.21. The van der Waals surface area contributed by atoms with Crippen LogP contribution >= 0.6 is 22.9 Å². The highest BCUT2D eigenvalue weighted by Gasteiger charge is 2.23. The van der Waals surface area contributed by atoms with E-state index in [0.717, 1.165) is 0 Å². The van der Waals surface area contributed by atoms with Crippen LogP contribution in [0.4, 0.5) is 5.82 Å². The van der Waals surface area contributed by atoms with E-state index in [2.05, 4.69) is 35.5 Å². The van der Waals surface area contributed by atoms with Crippen molar-refractivity contribution in [3.8, 4) is 5.69 Å². The lowest BCUT2D eigenvalue weighted by molar-refractivity contribution is 0.270. The van der Waals surface area contributed by atoms with E-state index in [1.807, 2.05) is 0 Å². The fourth-order valence-corrected chi connectivity index (χ4v) is 4.09. The summed E-state index contributed by atoms with van der Waals surface area (Å²) in [7, 11) is 0. The van der Waals surface area contributed by atoms with Crippen LogP contribution in [0.3, 0.4) is 0 Å². The van der Waals surface area contributed by atoms with Crippen LogP contribution < -0.4 is 10.9 Å². The second-order valence-electron chi connectivity index (χ2n) is 6.31. The van der Waals surface area contributed by atoms with Crippen molar-refractivity contribution < 1.29 is 5.11 Å². The normalized spacial score (nSPS) is 12.5. The first-order valence-corrected chi connectivity index (χ1v) is 10.0. The molecule has 0 aliphatic heterocycles. The molecule has 0 amide bonds. The van der Waals surface area contributed by atoms with Gasteiger partial charge in [0, 0.05) is 6.20 Å². The SMILES string of the molecule is O=c1c2c(Cl)cccc2nc([C@H](CO)Nc2ncnc3scnc23)n1-c1cn[nH]c1. The molecule has 0 unspecified atom stereocenters. The number of aromatic amines is 1. The number of benzene rings is 1. The summed E-state index contributed by atoms with van der Waals surface area (Å²) in [6, 6.07) is 4.28. The third-order valence-corrected chi connectivity index (χ3v) is 5.60. The highest BCUT2D eigenvalue weighted by Crippen LogP contribution is 2.27. The van der Waals surface area contributed by atoms with E-state index in [1.54, 1.807) is 29.9 Å². The number of thiazole rings is 1. The molecule has 0 fully saturated rings. The number of aliphatic hydroxyl groups is 1. The Morgan fingerprint density at radius 1 is 1.30 bits per heavy atom. The standard InChI is InChI=1S/C18H13ClN8O2S/c19-10-2-1-3-11-13(10)18(29)27(9-4-23-24-5-9)16(26-11)12(6-28)25-15-14-17(21-7-20-15)30-8-22-14/h1-5,7-8,12,28H,6H2,(H,23,24)(H,20,21,25)/t12-/m0/s1. The van der Waals surface area contributed by atoms with Crippen LogP contribution in [0.2, 0.25) is 5.02 Å². The van der Waals surface area contributed by atoms with Crippen LogP contribution in [0, 0.1) is 0 Å². The van der Waals surface area contributed by atoms with Gasteiger partial charge in [-0.25, -0.2) is 19.9 Å². The smallest absolute Gasteiger partial charge is 0.267 e. The first-order valence-electron chi connectivity index (χ1n) is 8.79. The van der Waals surface area contributed by atoms with Crippen LogP contribution in [0.5, 0.6) is 0 Å². The lowest BCUT2D eigenvalue weighted by Crippen LogP contribution is -2.30. The van der Waals surface area contributed by atoms with Gasteiger partial charge in [0.1, 0.15) is 28.5 Å². The Hall–Kier alpha value is -3.41. The van der Waals surface area contributed by atoms with Gasteiger partial charge in [0.15, 0.2) is 5.82 Å². The highest BCUT2D eigenvalue weighted by atomic mass is 35.5. The minimum absolute atomic E-state index is 0.278. The molecule has 0 bridgehead atoms. The van der Waals surface area contributed by atoms with Crippen LogP contribution in [-0.4, -0.2) is 46.4 Å². The Morgan fingerprint density at radius 3 is 3.00 bits per heavy atom. The quantitative estimate of drug-likeness (QED) is 0.379. The summed E-state index contributed by atoms with van der Waals surface area (Å²) in [6.45, 7) is -0.355. The summed E-state index contributed by atoms with van der Waals surface area (Å²) in [6.07, 6.45) is 4.47. The van der Waals surface area contributed by atoms with Gasteiger partial charge in [-0.2, -0.15) is 5.10 Å². The number of halogens is 1. The summed E-state index contributed by atoms with van der Waals surface area (Å²) in [5.74, 6) is 0.708. The first kappa shape index (κ1) is 18.6. The number of aromatic nitrogens is 7. The van der Waals surface area contributed by atoms with Crippen LogP contribution in [0.1, 0.15) is 11.9 Å². The fourth-order valence-electron chi connectivity index (χ4n) is 3.21. The van der Waals surface area contributed by atoms with Crippen molar-refractivity contribution in [2.24, 2.45) is 0 Å². The number of anilines is 1. The average molecular weight is 441 g/mol. The van der Waals surface area contributed by atoms with Gasteiger partial charge >= 0.3 is 0 Å². The molecule has 12 heteroatoms. The fraction of sp³-hybridized carbons (Fsp3) is 0.111. The summed E-state index contributed by atoms with van der Waals surface area (Å²) in [4.78, 5) is 31.4. The molecule has 0 saturated carbocycles. The molecule has 10 nitrogen and oxygen atoms in total. The maximum Gasteiger partial charge on any atom is 0.267 e. The molecular formula is C18H13ClN8O2S. The van der Waals surface area contributed by atoms with Crippen molar-refractivity contribution in [1.82, 2.24) is 34.7 Å². The van der Waals surface area contributed by atoms with Gasteiger partial charge in [-0.3, -0.25) is 14.5 Å². The molecule has 0 aliphatic carbocycles. The van der Waals surface area contributed by atoms with E-state index in [9.17, 15) is 9.90 Å². The van der Waals surface area contributed by atoms with E-state index in [1.165, 1.54) is 28.4 Å². The Labute approximate surface area is 177 Å². The van der Waals surface area contributed by atoms with Crippen LogP contribution in [-0.2, 0) is 0 Å². The Balaban J connectivity index is 1.73. The maximum atomic E-state index is 13.4. The maximum absolute atomic E-state index is 13.4. The molecule has 1 atom stereocenters. The Morgan fingerprint density at radius 2 is 2.20 bits per heavy atom. The summed E-state index contributed by atoms with van der Waals surface area (Å²) < 4.78 is 1.37. The second kappa shape index (κ2) is 7.44. The van der Waals surface area contributed by atoms with Crippen molar-refractivity contribution in [3.63, 3.8) is 0 Å². The van der Waals surface area contributed by atoms with E-state index in [4.69, 9.17) is 11.6 Å². The number of aliphatic hydroxyl groups excluding tert-OH is 1. The topological polar surface area (TPSA) is 134 Å². The third kappa shape index (κ3) is 3.00. The van der Waals surface area contributed by atoms with Crippen molar-refractivity contribution in [1.29, 1.82) is 0 Å². The van der Waals surface area contributed by atoms with Gasteiger partial charge in [0.25, 0.3) is 5.56 Å². The van der Waals surface area contributed by atoms with Gasteiger partial charge < -0.3 is 10.4 Å². The summed E-state index contributed by atoms with van der Waals surface area (Å²) in [5, 5.41) is 20.5. The first-order chi connectivity index (χ1) is 14.7. The molecule has 30 heavy (non-hydrogen) atoms. The minimum atomic E-state index is -0.768. The zero-order valence-electron chi connectivity index (χ0n) is 15.2. The molecule has 1 aromatic carbocycles. The van der Waals surface area contributed by atoms with Crippen molar-refractivity contribution in [3.05, 3.63) is 63.6 Å². The highest BCUT2D eigenvalue weighted by molar-refractivity contribution is 7.16. The molecular weight excluding hydrogens is 428 g/mol. The van der Waals surface area contributed by atoms with Gasteiger partial charge in [0.05, 0.1) is 39.9 Å². The lowest BCUT2D eigenvalue weighted by atomic mass is 10.2. The van der Waals surface area contributed by atoms with Gasteiger partial charge in [-0.05, 0) is 12.1 Å². The molecule has 150 valence electrons. The van der Waals surface area contributed by atoms with E-state index in [0.29, 0.717) is 32.4 Å². The van der Waals surface area contributed by atoms with Crippen LogP contribution in [0.15, 0.2) is 47.2 Å². The van der Waals surface area contributed by atoms with Crippen molar-refractivity contribution in [2.75, 3.05) is 11.9 Å². The van der Waals surface area contributed by atoms with Gasteiger partial charge in [-0.15, -0.1) is 11.3 Å². The molecule has 4 aromatic heterocycles. The number of nitrogens with one attached hydrogen (secondary N) is 2. The summed E-state index contributed by atoms with van der Waals surface area (Å²) in [5.41, 5.74) is 2.75. The molecule has 5 aromatic rings. The number of nitrogens with zero attached hydrogens (tertiary/aromatic N) is 6. The Kier molecular flexibility index (Phi) is 4.62. The van der Waals surface area contributed by atoms with Crippen molar-refractivity contribution in [2.45, 2.75) is 6.04 Å². The minimum Gasteiger partial charge on any atom is -0.394 e.